The molecule has 2 aromatic carbocycles. The second-order valence-electron chi connectivity index (χ2n) is 8.43. The van der Waals surface area contributed by atoms with Crippen molar-refractivity contribution in [1.29, 1.82) is 0 Å². The highest BCUT2D eigenvalue weighted by Crippen LogP contribution is 2.30. The molecule has 5 rings (SSSR count). The topological polar surface area (TPSA) is 116 Å². The molecule has 1 fully saturated rings. The Balaban J connectivity index is 1.37. The van der Waals surface area contributed by atoms with Crippen LogP contribution in [0, 0.1) is 0 Å². The van der Waals surface area contributed by atoms with E-state index in [2.05, 4.69) is 15.5 Å². The number of rotatable bonds is 7. The number of nitrogen functional groups attached to an aromatic ring is 1. The molecular weight excluding hydrogens is 462 g/mol. The normalized spacial score (nSPS) is 15.2. The molecule has 3 heterocycles. The summed E-state index contributed by atoms with van der Waals surface area (Å²) in [6, 6.07) is 17.5. The summed E-state index contributed by atoms with van der Waals surface area (Å²) in [4.78, 5) is 9.83. The molecule has 9 heteroatoms. The molecule has 0 radical (unpaired) electrons. The average Bonchev–Trinajstić information content (AvgIpc) is 3.40. The highest BCUT2D eigenvalue weighted by atomic mass is 32.2. The van der Waals surface area contributed by atoms with E-state index < -0.39 is 10.8 Å². The summed E-state index contributed by atoms with van der Waals surface area (Å²) in [6.45, 7) is 2.14. The first kappa shape index (κ1) is 23.3. The molecule has 1 aliphatic rings. The summed E-state index contributed by atoms with van der Waals surface area (Å²) in [5.74, 6) is 0.710. The van der Waals surface area contributed by atoms with Gasteiger partial charge in [0.1, 0.15) is 5.69 Å². The predicted octanol–water partition coefficient (Wildman–Crippen LogP) is 4.05. The van der Waals surface area contributed by atoms with E-state index in [1.807, 2.05) is 61.6 Å². The Labute approximate surface area is 206 Å². The fourth-order valence-electron chi connectivity index (χ4n) is 4.08. The smallest absolute Gasteiger partial charge is 0.189 e. The van der Waals surface area contributed by atoms with Crippen LogP contribution in [0.25, 0.3) is 34.0 Å². The molecule has 0 saturated carbocycles. The van der Waals surface area contributed by atoms with E-state index in [-0.39, 0.29) is 11.1 Å². The highest BCUT2D eigenvalue weighted by Gasteiger charge is 2.22. The van der Waals surface area contributed by atoms with Crippen LogP contribution in [0.2, 0.25) is 0 Å². The lowest BCUT2D eigenvalue weighted by atomic mass is 10.1. The van der Waals surface area contributed by atoms with Crippen molar-refractivity contribution in [3.8, 4) is 34.0 Å². The lowest BCUT2D eigenvalue weighted by Gasteiger charge is -2.21. The van der Waals surface area contributed by atoms with Crippen LogP contribution in [0.5, 0.6) is 0 Å². The lowest BCUT2D eigenvalue weighted by Crippen LogP contribution is -2.24. The summed E-state index contributed by atoms with van der Waals surface area (Å²) < 4.78 is 23.9. The molecule has 1 unspecified atom stereocenters. The SMILES string of the molecule is CNCc1ccc(-c2cc(-c3nc(-c4ccc(S(=O)C5CCOCC5)cc4)cnc3N)on2)cc1. The van der Waals surface area contributed by atoms with Gasteiger partial charge < -0.3 is 20.3 Å². The Morgan fingerprint density at radius 3 is 2.43 bits per heavy atom. The lowest BCUT2D eigenvalue weighted by molar-refractivity contribution is 0.0992. The minimum Gasteiger partial charge on any atom is -0.382 e. The van der Waals surface area contributed by atoms with E-state index in [4.69, 9.17) is 20.0 Å². The Morgan fingerprint density at radius 1 is 1.03 bits per heavy atom. The van der Waals surface area contributed by atoms with Crippen LogP contribution in [0.15, 0.2) is 70.2 Å². The van der Waals surface area contributed by atoms with Crippen molar-refractivity contribution < 1.29 is 13.5 Å². The molecule has 0 bridgehead atoms. The van der Waals surface area contributed by atoms with Crippen molar-refractivity contribution in [1.82, 2.24) is 20.4 Å². The van der Waals surface area contributed by atoms with Crippen molar-refractivity contribution in [3.05, 3.63) is 66.4 Å². The Kier molecular flexibility index (Phi) is 6.98. The van der Waals surface area contributed by atoms with Gasteiger partial charge in [-0.3, -0.25) is 4.21 Å². The van der Waals surface area contributed by atoms with Crippen LogP contribution < -0.4 is 11.1 Å². The van der Waals surface area contributed by atoms with Gasteiger partial charge in [-0.1, -0.05) is 41.6 Å². The Morgan fingerprint density at radius 2 is 1.71 bits per heavy atom. The number of ether oxygens (including phenoxy) is 1. The molecule has 0 amide bonds. The maximum atomic E-state index is 12.9. The standard InChI is InChI=1S/C26H27N5O3S/c1-28-15-17-2-4-18(5-3-17)22-14-24(34-31-22)25-26(27)29-16-23(30-25)19-6-8-20(9-7-19)35(32)21-10-12-33-13-11-21/h2-9,14,16,21,28H,10-13,15H2,1H3,(H2,27,29). The summed E-state index contributed by atoms with van der Waals surface area (Å²) in [5.41, 5.74) is 10.9. The van der Waals surface area contributed by atoms with E-state index in [1.54, 1.807) is 6.20 Å². The van der Waals surface area contributed by atoms with Crippen LogP contribution in [0.3, 0.4) is 0 Å². The molecule has 180 valence electrons. The van der Waals surface area contributed by atoms with Crippen molar-refractivity contribution in [2.75, 3.05) is 26.0 Å². The molecule has 1 atom stereocenters. The molecule has 0 aliphatic carbocycles. The maximum absolute atomic E-state index is 12.9. The van der Waals surface area contributed by atoms with Gasteiger partial charge in [0.2, 0.25) is 0 Å². The van der Waals surface area contributed by atoms with Gasteiger partial charge in [-0.15, -0.1) is 0 Å². The van der Waals surface area contributed by atoms with E-state index in [0.29, 0.717) is 36.1 Å². The third kappa shape index (κ3) is 5.17. The van der Waals surface area contributed by atoms with Crippen LogP contribution in [-0.4, -0.2) is 44.8 Å². The molecule has 1 saturated heterocycles. The maximum Gasteiger partial charge on any atom is 0.189 e. The second kappa shape index (κ2) is 10.5. The zero-order valence-electron chi connectivity index (χ0n) is 19.4. The molecule has 3 N–H and O–H groups in total. The Bertz CT molecular complexity index is 1320. The van der Waals surface area contributed by atoms with Crippen LogP contribution >= 0.6 is 0 Å². The van der Waals surface area contributed by atoms with Gasteiger partial charge in [0.25, 0.3) is 0 Å². The minimum atomic E-state index is -1.05. The predicted molar refractivity (Wildman–Crippen MR) is 136 cm³/mol. The van der Waals surface area contributed by atoms with Gasteiger partial charge in [-0.2, -0.15) is 0 Å². The van der Waals surface area contributed by atoms with Gasteiger partial charge in [0.05, 0.1) is 22.7 Å². The zero-order chi connectivity index (χ0) is 24.2. The first-order valence-corrected chi connectivity index (χ1v) is 12.8. The van der Waals surface area contributed by atoms with Gasteiger partial charge in [-0.25, -0.2) is 9.97 Å². The van der Waals surface area contributed by atoms with Crippen LogP contribution in [-0.2, 0) is 22.1 Å². The number of aromatic nitrogens is 3. The van der Waals surface area contributed by atoms with Crippen molar-refractivity contribution >= 4 is 16.6 Å². The van der Waals surface area contributed by atoms with Crippen molar-refractivity contribution in [2.24, 2.45) is 0 Å². The van der Waals surface area contributed by atoms with Gasteiger partial charge >= 0.3 is 0 Å². The second-order valence-corrected chi connectivity index (χ2v) is 10.2. The van der Waals surface area contributed by atoms with Gasteiger partial charge in [0.15, 0.2) is 17.3 Å². The number of nitrogens with two attached hydrogens (primary N) is 1. The van der Waals surface area contributed by atoms with Gasteiger partial charge in [0, 0.05) is 47.1 Å². The minimum absolute atomic E-state index is 0.137. The zero-order valence-corrected chi connectivity index (χ0v) is 20.3. The molecular formula is C26H27N5O3S. The van der Waals surface area contributed by atoms with E-state index in [9.17, 15) is 4.21 Å². The number of anilines is 1. The summed E-state index contributed by atoms with van der Waals surface area (Å²) in [5, 5.41) is 7.47. The van der Waals surface area contributed by atoms with E-state index >= 15 is 0 Å². The molecule has 35 heavy (non-hydrogen) atoms. The molecule has 1 aliphatic heterocycles. The van der Waals surface area contributed by atoms with Crippen molar-refractivity contribution in [3.63, 3.8) is 0 Å². The highest BCUT2D eigenvalue weighted by molar-refractivity contribution is 7.85. The fourth-order valence-corrected chi connectivity index (χ4v) is 5.49. The summed E-state index contributed by atoms with van der Waals surface area (Å²) in [6.07, 6.45) is 3.27. The van der Waals surface area contributed by atoms with Crippen LogP contribution in [0.4, 0.5) is 5.82 Å². The molecule has 8 nitrogen and oxygen atoms in total. The van der Waals surface area contributed by atoms with Crippen LogP contribution in [0.1, 0.15) is 18.4 Å². The average molecular weight is 490 g/mol. The Hall–Kier alpha value is -3.40. The third-order valence-electron chi connectivity index (χ3n) is 6.03. The molecule has 0 spiro atoms. The number of nitrogens with zero attached hydrogens (tertiary/aromatic N) is 3. The fraction of sp³-hybridized carbons (Fsp3) is 0.269. The number of hydrogen-bond donors (Lipinski definition) is 2. The largest absolute Gasteiger partial charge is 0.382 e. The van der Waals surface area contributed by atoms with Gasteiger partial charge in [-0.05, 0) is 37.6 Å². The first-order valence-electron chi connectivity index (χ1n) is 11.5. The number of hydrogen-bond acceptors (Lipinski definition) is 8. The molecule has 2 aromatic heterocycles. The summed E-state index contributed by atoms with van der Waals surface area (Å²) in [7, 11) is 0.863. The molecule has 4 aromatic rings. The summed E-state index contributed by atoms with van der Waals surface area (Å²) >= 11 is 0. The monoisotopic (exact) mass is 489 g/mol. The number of nitrogens with one attached hydrogen (secondary N) is 1. The quantitative estimate of drug-likeness (QED) is 0.399. The van der Waals surface area contributed by atoms with Crippen molar-refractivity contribution in [2.45, 2.75) is 29.5 Å². The first-order chi connectivity index (χ1) is 17.1. The van der Waals surface area contributed by atoms with E-state index in [1.165, 1.54) is 5.56 Å². The number of benzene rings is 2. The van der Waals surface area contributed by atoms with E-state index in [0.717, 1.165) is 35.4 Å². The third-order valence-corrected chi connectivity index (χ3v) is 7.84.